The second-order valence-electron chi connectivity index (χ2n) is 15.8. The van der Waals surface area contributed by atoms with Gasteiger partial charge in [-0.2, -0.15) is 0 Å². The maximum atomic E-state index is 14.0. The first-order valence-electron chi connectivity index (χ1n) is 15.6. The van der Waals surface area contributed by atoms with Crippen LogP contribution in [0, 0.1) is 56.7 Å². The maximum Gasteiger partial charge on any atom is 0.344 e. The standard InChI is InChI=1S/C33H49Br3O5/c1-28(2)22-11-12-31(5)23(29(22,3)16-21(35)26(28)38)9-8-19-25-20(32(6,36)18-34)10-13-33(25,15-14-30(19,31)4)27(39)41-17-24(37)40-7/h19-23,25H,8-18H2,1-7H3/t19?,20-,21?,22?,23?,25?,29+,30-,31-,32?,33+/m1/s1. The average Bonchev–Trinajstić information content (AvgIpc) is 3.32. The SMILES string of the molecule is COC(=O)COC(=O)[C@]12CC[C@@H](C(C)(Br)CBr)C1C1CCC3[C@@]4(C)CC(Br)C(=O)C(C)(C)C4CC[C@@]3(C)[C@]1(C)CC2. The van der Waals surface area contributed by atoms with Crippen molar-refractivity contribution in [2.75, 3.05) is 19.0 Å². The number of fused-ring (bicyclic) bond motifs is 7. The van der Waals surface area contributed by atoms with E-state index >= 15 is 0 Å². The predicted octanol–water partition coefficient (Wildman–Crippen LogP) is 8.28. The molecule has 8 heteroatoms. The molecule has 0 bridgehead atoms. The van der Waals surface area contributed by atoms with E-state index in [2.05, 4.69) is 89.3 Å². The van der Waals surface area contributed by atoms with Gasteiger partial charge in [0.15, 0.2) is 12.4 Å². The summed E-state index contributed by atoms with van der Waals surface area (Å²) in [6.45, 7) is 14.0. The van der Waals surface area contributed by atoms with Crippen molar-refractivity contribution in [1.82, 2.24) is 0 Å². The molecule has 0 aromatic heterocycles. The van der Waals surface area contributed by atoms with Crippen LogP contribution in [0.15, 0.2) is 0 Å². The monoisotopic (exact) mass is 762 g/mol. The zero-order chi connectivity index (χ0) is 30.4. The van der Waals surface area contributed by atoms with E-state index in [1.165, 1.54) is 7.11 Å². The van der Waals surface area contributed by atoms with Crippen molar-refractivity contribution in [2.45, 2.75) is 108 Å². The Hall–Kier alpha value is 0.0500. The molecule has 41 heavy (non-hydrogen) atoms. The van der Waals surface area contributed by atoms with Gasteiger partial charge < -0.3 is 9.47 Å². The lowest BCUT2D eigenvalue weighted by Gasteiger charge is -2.72. The van der Waals surface area contributed by atoms with Crippen LogP contribution < -0.4 is 0 Å². The summed E-state index contributed by atoms with van der Waals surface area (Å²) >= 11 is 11.7. The lowest BCUT2D eigenvalue weighted by atomic mass is 9.32. The minimum absolute atomic E-state index is 0.0755. The number of methoxy groups -OCH3 is 1. The third-order valence-electron chi connectivity index (χ3n) is 14.1. The lowest BCUT2D eigenvalue weighted by molar-refractivity contribution is -0.237. The summed E-state index contributed by atoms with van der Waals surface area (Å²) in [6, 6.07) is 0. The van der Waals surface area contributed by atoms with E-state index in [-0.39, 0.29) is 49.3 Å². The number of ketones is 1. The van der Waals surface area contributed by atoms with Gasteiger partial charge in [0.05, 0.1) is 17.4 Å². The molecule has 232 valence electrons. The summed E-state index contributed by atoms with van der Waals surface area (Å²) in [5, 5.41) is 0.813. The fraction of sp³-hybridized carbons (Fsp3) is 0.909. The predicted molar refractivity (Wildman–Crippen MR) is 171 cm³/mol. The molecule has 11 atom stereocenters. The first-order valence-corrected chi connectivity index (χ1v) is 18.5. The summed E-state index contributed by atoms with van der Waals surface area (Å²) in [5.74, 6) is 1.49. The third kappa shape index (κ3) is 4.46. The van der Waals surface area contributed by atoms with E-state index < -0.39 is 11.4 Å². The van der Waals surface area contributed by atoms with Gasteiger partial charge in [0.25, 0.3) is 0 Å². The molecule has 5 fully saturated rings. The Morgan fingerprint density at radius 1 is 0.951 bits per heavy atom. The number of hydrogen-bond donors (Lipinski definition) is 0. The highest BCUT2D eigenvalue weighted by atomic mass is 79.9. The molecule has 5 aliphatic rings. The second kappa shape index (κ2) is 10.6. The van der Waals surface area contributed by atoms with Gasteiger partial charge >= 0.3 is 11.9 Å². The average molecular weight is 765 g/mol. The maximum absolute atomic E-state index is 14.0. The molecule has 5 saturated carbocycles. The largest absolute Gasteiger partial charge is 0.466 e. The first kappa shape index (κ1) is 32.4. The topological polar surface area (TPSA) is 69.7 Å². The minimum atomic E-state index is -0.565. The quantitative estimate of drug-likeness (QED) is 0.208. The molecule has 0 aromatic rings. The smallest absolute Gasteiger partial charge is 0.344 e. The van der Waals surface area contributed by atoms with E-state index in [0.29, 0.717) is 29.5 Å². The van der Waals surface area contributed by atoms with Gasteiger partial charge in [0.1, 0.15) is 0 Å². The van der Waals surface area contributed by atoms with Gasteiger partial charge in [-0.25, -0.2) is 4.79 Å². The fourth-order valence-electron chi connectivity index (χ4n) is 11.9. The molecule has 0 aliphatic heterocycles. The van der Waals surface area contributed by atoms with Gasteiger partial charge in [-0.1, -0.05) is 82.4 Å². The molecule has 0 spiro atoms. The van der Waals surface area contributed by atoms with E-state index in [1.54, 1.807) is 0 Å². The molecule has 0 amide bonds. The van der Waals surface area contributed by atoms with Gasteiger partial charge in [0.2, 0.25) is 0 Å². The summed E-state index contributed by atoms with van der Waals surface area (Å²) in [6.07, 6.45) is 8.95. The Bertz CT molecular complexity index is 1110. The Morgan fingerprint density at radius 3 is 2.27 bits per heavy atom. The van der Waals surface area contributed by atoms with Crippen molar-refractivity contribution in [3.05, 3.63) is 0 Å². The molecule has 5 rings (SSSR count). The van der Waals surface area contributed by atoms with Crippen LogP contribution in [0.25, 0.3) is 0 Å². The van der Waals surface area contributed by atoms with E-state index in [9.17, 15) is 14.4 Å². The van der Waals surface area contributed by atoms with E-state index in [0.717, 1.165) is 63.1 Å². The molecule has 5 nitrogen and oxygen atoms in total. The van der Waals surface area contributed by atoms with Crippen LogP contribution in [0.5, 0.6) is 0 Å². The number of carbonyl (C=O) groups excluding carboxylic acids is 3. The molecular weight excluding hydrogens is 716 g/mol. The summed E-state index contributed by atoms with van der Waals surface area (Å²) in [4.78, 5) is 39.2. The van der Waals surface area contributed by atoms with Crippen molar-refractivity contribution in [1.29, 1.82) is 0 Å². The van der Waals surface area contributed by atoms with Crippen LogP contribution in [0.3, 0.4) is 0 Å². The van der Waals surface area contributed by atoms with Gasteiger partial charge in [-0.15, -0.1) is 0 Å². The van der Waals surface area contributed by atoms with Crippen molar-refractivity contribution in [3.63, 3.8) is 0 Å². The highest BCUT2D eigenvalue weighted by molar-refractivity contribution is 9.12. The van der Waals surface area contributed by atoms with Crippen LogP contribution in [0.2, 0.25) is 0 Å². The lowest BCUT2D eigenvalue weighted by Crippen LogP contribution is -2.68. The molecule has 0 saturated heterocycles. The first-order chi connectivity index (χ1) is 19.0. The number of carbonyl (C=O) groups is 3. The van der Waals surface area contributed by atoms with Gasteiger partial charge in [-0.05, 0) is 111 Å². The molecule has 5 aliphatic carbocycles. The van der Waals surface area contributed by atoms with Crippen molar-refractivity contribution < 1.29 is 23.9 Å². The Morgan fingerprint density at radius 2 is 1.63 bits per heavy atom. The van der Waals surface area contributed by atoms with Gasteiger partial charge in [-0.3, -0.25) is 9.59 Å². The number of Topliss-reactive ketones (excluding diaryl/α,β-unsaturated/α-hetero) is 1. The molecule has 0 radical (unpaired) electrons. The molecule has 0 aromatic carbocycles. The van der Waals surface area contributed by atoms with Crippen LogP contribution in [-0.2, 0) is 23.9 Å². The number of alkyl halides is 3. The summed E-state index contributed by atoms with van der Waals surface area (Å²) in [7, 11) is 1.33. The number of rotatable bonds is 5. The van der Waals surface area contributed by atoms with Crippen molar-refractivity contribution in [2.24, 2.45) is 56.7 Å². The number of hydrogen-bond acceptors (Lipinski definition) is 5. The molecule has 0 N–H and O–H groups in total. The van der Waals surface area contributed by atoms with E-state index in [1.807, 2.05) is 0 Å². The number of ether oxygens (including phenoxy) is 2. The number of esters is 2. The van der Waals surface area contributed by atoms with Crippen LogP contribution in [0.4, 0.5) is 0 Å². The van der Waals surface area contributed by atoms with Crippen LogP contribution >= 0.6 is 47.8 Å². The van der Waals surface area contributed by atoms with Gasteiger partial charge in [0, 0.05) is 15.1 Å². The van der Waals surface area contributed by atoms with Crippen LogP contribution in [-0.4, -0.2) is 45.9 Å². The number of halogens is 3. The zero-order valence-electron chi connectivity index (χ0n) is 25.9. The summed E-state index contributed by atoms with van der Waals surface area (Å²) < 4.78 is 10.4. The highest BCUT2D eigenvalue weighted by Gasteiger charge is 2.73. The third-order valence-corrected chi connectivity index (χ3v) is 17.6. The highest BCUT2D eigenvalue weighted by Crippen LogP contribution is 2.78. The molecular formula is C33H49Br3O5. The molecule has 0 heterocycles. The van der Waals surface area contributed by atoms with Crippen molar-refractivity contribution >= 4 is 65.5 Å². The molecule has 6 unspecified atom stereocenters. The van der Waals surface area contributed by atoms with Crippen molar-refractivity contribution in [3.8, 4) is 0 Å². The Labute approximate surface area is 272 Å². The zero-order valence-corrected chi connectivity index (χ0v) is 30.7. The van der Waals surface area contributed by atoms with Crippen LogP contribution in [0.1, 0.15) is 99.3 Å². The Kier molecular flexibility index (Phi) is 8.36. The minimum Gasteiger partial charge on any atom is -0.466 e. The summed E-state index contributed by atoms with van der Waals surface area (Å²) in [5.41, 5.74) is -0.599. The normalized spacial score (nSPS) is 48.1. The fourth-order valence-corrected chi connectivity index (χ4v) is 14.2. The second-order valence-corrected chi connectivity index (χ2v) is 19.3. The Balaban J connectivity index is 1.55. The van der Waals surface area contributed by atoms with E-state index in [4.69, 9.17) is 9.47 Å².